The molecule has 0 atom stereocenters. The van der Waals surface area contributed by atoms with Crippen molar-refractivity contribution >= 4 is 11.8 Å². The van der Waals surface area contributed by atoms with Gasteiger partial charge in [-0.25, -0.2) is 0 Å². The second-order valence-corrected chi connectivity index (χ2v) is 4.32. The van der Waals surface area contributed by atoms with Gasteiger partial charge in [-0.2, -0.15) is 0 Å². The van der Waals surface area contributed by atoms with Gasteiger partial charge in [0.1, 0.15) is 0 Å². The summed E-state index contributed by atoms with van der Waals surface area (Å²) in [5, 5.41) is 6.50. The molecular formula is C17H24N2. The van der Waals surface area contributed by atoms with Crippen LogP contribution >= 0.6 is 0 Å². The van der Waals surface area contributed by atoms with Gasteiger partial charge in [0.05, 0.1) is 0 Å². The molecule has 1 rings (SSSR count). The average molecular weight is 256 g/mol. The van der Waals surface area contributed by atoms with Gasteiger partial charge < -0.3 is 10.6 Å². The molecule has 0 unspecified atom stereocenters. The smallest absolute Gasteiger partial charge is 0.0411 e. The van der Waals surface area contributed by atoms with Crippen molar-refractivity contribution < 1.29 is 0 Å². The van der Waals surface area contributed by atoms with Crippen molar-refractivity contribution in [1.82, 2.24) is 5.32 Å². The van der Waals surface area contributed by atoms with Gasteiger partial charge in [-0.05, 0) is 44.1 Å². The third-order valence-corrected chi connectivity index (χ3v) is 2.86. The summed E-state index contributed by atoms with van der Waals surface area (Å²) in [5.41, 5.74) is 4.71. The molecule has 1 aromatic rings. The van der Waals surface area contributed by atoms with Crippen LogP contribution in [0.3, 0.4) is 0 Å². The average Bonchev–Trinajstić information content (AvgIpc) is 2.44. The van der Waals surface area contributed by atoms with E-state index in [-0.39, 0.29) is 0 Å². The predicted octanol–water partition coefficient (Wildman–Crippen LogP) is 4.20. The molecule has 0 aliphatic heterocycles. The van der Waals surface area contributed by atoms with E-state index in [4.69, 9.17) is 0 Å². The van der Waals surface area contributed by atoms with Crippen LogP contribution < -0.4 is 10.6 Å². The fraction of sp³-hybridized carbons (Fsp3) is 0.294. The Kier molecular flexibility index (Phi) is 6.51. The number of benzene rings is 1. The molecule has 19 heavy (non-hydrogen) atoms. The number of allylic oxidation sites excluding steroid dienone is 5. The van der Waals surface area contributed by atoms with Crippen LogP contribution in [0.4, 0.5) is 5.69 Å². The van der Waals surface area contributed by atoms with E-state index in [0.717, 1.165) is 12.2 Å². The van der Waals surface area contributed by atoms with E-state index in [1.54, 1.807) is 0 Å². The maximum Gasteiger partial charge on any atom is 0.0411 e. The van der Waals surface area contributed by atoms with Gasteiger partial charge in [0.2, 0.25) is 0 Å². The minimum absolute atomic E-state index is 0.950. The first kappa shape index (κ1) is 15.1. The molecule has 0 saturated carbocycles. The van der Waals surface area contributed by atoms with Crippen LogP contribution in [0.25, 0.3) is 6.08 Å². The second kappa shape index (κ2) is 8.20. The zero-order valence-electron chi connectivity index (χ0n) is 12.3. The molecule has 2 nitrogen and oxygen atoms in total. The summed E-state index contributed by atoms with van der Waals surface area (Å²) in [6.07, 6.45) is 8.54. The van der Waals surface area contributed by atoms with Gasteiger partial charge in [-0.1, -0.05) is 36.4 Å². The summed E-state index contributed by atoms with van der Waals surface area (Å²) >= 11 is 0. The molecule has 0 aliphatic carbocycles. The molecule has 0 fully saturated rings. The van der Waals surface area contributed by atoms with Crippen molar-refractivity contribution in [3.05, 3.63) is 59.3 Å². The molecule has 1 aromatic carbocycles. The normalized spacial score (nSPS) is 12.8. The molecule has 0 aromatic heterocycles. The number of anilines is 1. The minimum atomic E-state index is 0.950. The topological polar surface area (TPSA) is 24.1 Å². The molecule has 0 bridgehead atoms. The number of hydrogen-bond donors (Lipinski definition) is 2. The van der Waals surface area contributed by atoms with Gasteiger partial charge in [0.15, 0.2) is 0 Å². The first-order valence-electron chi connectivity index (χ1n) is 6.74. The van der Waals surface area contributed by atoms with Gasteiger partial charge >= 0.3 is 0 Å². The van der Waals surface area contributed by atoms with Crippen molar-refractivity contribution in [1.29, 1.82) is 0 Å². The molecule has 0 aliphatic rings. The van der Waals surface area contributed by atoms with Gasteiger partial charge in [-0.3, -0.25) is 0 Å². The summed E-state index contributed by atoms with van der Waals surface area (Å²) in [4.78, 5) is 0. The van der Waals surface area contributed by atoms with E-state index in [9.17, 15) is 0 Å². The summed E-state index contributed by atoms with van der Waals surface area (Å²) in [6.45, 7) is 7.19. The van der Waals surface area contributed by atoms with E-state index < -0.39 is 0 Å². The highest BCUT2D eigenvalue weighted by atomic mass is 14.9. The Labute approximate surface area is 116 Å². The fourth-order valence-electron chi connectivity index (χ4n) is 1.86. The fourth-order valence-corrected chi connectivity index (χ4v) is 1.86. The summed E-state index contributed by atoms with van der Waals surface area (Å²) < 4.78 is 0. The first-order chi connectivity index (χ1) is 9.21. The standard InChI is InChI=1S/C17H24N2/c1-5-15(13-14(3)19-6-2)11-12-16-9-7-8-10-17(16)18-4/h5,7-13,18-19H,6H2,1-4H3/b12-11+,14-13-,15-5-. The lowest BCUT2D eigenvalue weighted by atomic mass is 10.1. The molecule has 0 amide bonds. The maximum atomic E-state index is 3.31. The highest BCUT2D eigenvalue weighted by molar-refractivity contribution is 5.68. The van der Waals surface area contributed by atoms with E-state index >= 15 is 0 Å². The van der Waals surface area contributed by atoms with Crippen LogP contribution in [0.5, 0.6) is 0 Å². The Morgan fingerprint density at radius 1 is 1.26 bits per heavy atom. The highest BCUT2D eigenvalue weighted by Gasteiger charge is 1.95. The molecule has 102 valence electrons. The molecular weight excluding hydrogens is 232 g/mol. The van der Waals surface area contributed by atoms with Crippen LogP contribution in [0.2, 0.25) is 0 Å². The monoisotopic (exact) mass is 256 g/mol. The molecule has 0 radical (unpaired) electrons. The number of para-hydroxylation sites is 1. The second-order valence-electron chi connectivity index (χ2n) is 4.32. The minimum Gasteiger partial charge on any atom is -0.389 e. The van der Waals surface area contributed by atoms with Crippen LogP contribution in [0.1, 0.15) is 26.3 Å². The summed E-state index contributed by atoms with van der Waals surface area (Å²) in [6, 6.07) is 8.27. The molecule has 0 saturated heterocycles. The van der Waals surface area contributed by atoms with Crippen molar-refractivity contribution in [3.8, 4) is 0 Å². The zero-order chi connectivity index (χ0) is 14.1. The van der Waals surface area contributed by atoms with Crippen LogP contribution in [-0.4, -0.2) is 13.6 Å². The lowest BCUT2D eigenvalue weighted by molar-refractivity contribution is 0.853. The Morgan fingerprint density at radius 2 is 2.00 bits per heavy atom. The van der Waals surface area contributed by atoms with E-state index in [2.05, 4.69) is 73.9 Å². The summed E-state index contributed by atoms with van der Waals surface area (Å²) in [5.74, 6) is 0. The lowest BCUT2D eigenvalue weighted by Crippen LogP contribution is -2.09. The highest BCUT2D eigenvalue weighted by Crippen LogP contribution is 2.17. The van der Waals surface area contributed by atoms with E-state index in [1.165, 1.54) is 16.8 Å². The molecule has 2 N–H and O–H groups in total. The Balaban J connectivity index is 2.87. The third kappa shape index (κ3) is 5.04. The van der Waals surface area contributed by atoms with Gasteiger partial charge in [-0.15, -0.1) is 0 Å². The number of nitrogens with one attached hydrogen (secondary N) is 2. The lowest BCUT2D eigenvalue weighted by Gasteiger charge is -2.05. The summed E-state index contributed by atoms with van der Waals surface area (Å²) in [7, 11) is 1.94. The predicted molar refractivity (Wildman–Crippen MR) is 86.2 cm³/mol. The number of rotatable bonds is 6. The van der Waals surface area contributed by atoms with E-state index in [0.29, 0.717) is 0 Å². The van der Waals surface area contributed by atoms with Crippen LogP contribution in [-0.2, 0) is 0 Å². The Morgan fingerprint density at radius 3 is 2.63 bits per heavy atom. The molecule has 0 heterocycles. The number of hydrogen-bond acceptors (Lipinski definition) is 2. The van der Waals surface area contributed by atoms with Gasteiger partial charge in [0, 0.05) is 25.0 Å². The van der Waals surface area contributed by atoms with E-state index in [1.807, 2.05) is 13.1 Å². The zero-order valence-corrected chi connectivity index (χ0v) is 12.3. The first-order valence-corrected chi connectivity index (χ1v) is 6.74. The third-order valence-electron chi connectivity index (χ3n) is 2.86. The molecule has 0 spiro atoms. The quantitative estimate of drug-likeness (QED) is 0.745. The SMILES string of the molecule is C/C=C(\C=C(\C)NCC)/C=C/c1ccccc1NC. The van der Waals surface area contributed by atoms with Gasteiger partial charge in [0.25, 0.3) is 0 Å². The van der Waals surface area contributed by atoms with Crippen molar-refractivity contribution in [2.75, 3.05) is 18.9 Å². The van der Waals surface area contributed by atoms with Crippen molar-refractivity contribution in [2.24, 2.45) is 0 Å². The molecule has 2 heteroatoms. The largest absolute Gasteiger partial charge is 0.389 e. The Hall–Kier alpha value is -1.96. The van der Waals surface area contributed by atoms with Crippen molar-refractivity contribution in [3.63, 3.8) is 0 Å². The van der Waals surface area contributed by atoms with Crippen LogP contribution in [0, 0.1) is 0 Å². The Bertz CT molecular complexity index is 482. The van der Waals surface area contributed by atoms with Crippen LogP contribution in [0.15, 0.2) is 53.8 Å². The van der Waals surface area contributed by atoms with Crippen molar-refractivity contribution in [2.45, 2.75) is 20.8 Å². The maximum absolute atomic E-state index is 3.31.